The summed E-state index contributed by atoms with van der Waals surface area (Å²) in [5, 5.41) is 16.0. The SMILES string of the molecule is COc1cc2c3c(N)ncnc3n(CC(O)N3C4C[C@]4(C)C[C@H]3C(=O)Nc3cccc(Br)n3)c2cc1OC. The van der Waals surface area contributed by atoms with Gasteiger partial charge < -0.3 is 30.2 Å². The number of nitrogens with one attached hydrogen (secondary N) is 1. The molecule has 2 fully saturated rings. The highest BCUT2D eigenvalue weighted by atomic mass is 79.9. The summed E-state index contributed by atoms with van der Waals surface area (Å²) in [4.78, 5) is 28.3. The first kappa shape index (κ1) is 24.8. The van der Waals surface area contributed by atoms with Gasteiger partial charge in [-0.1, -0.05) is 13.0 Å². The minimum absolute atomic E-state index is 0.0162. The van der Waals surface area contributed by atoms with Crippen LogP contribution in [-0.4, -0.2) is 68.0 Å². The molecule has 4 heterocycles. The first-order valence-electron chi connectivity index (χ1n) is 12.3. The average molecular weight is 582 g/mol. The van der Waals surface area contributed by atoms with E-state index in [1.807, 2.05) is 27.7 Å². The van der Waals surface area contributed by atoms with Crippen molar-refractivity contribution < 1.29 is 19.4 Å². The van der Waals surface area contributed by atoms with Crippen LogP contribution in [0.5, 0.6) is 11.5 Å². The van der Waals surface area contributed by atoms with Crippen LogP contribution in [-0.2, 0) is 11.3 Å². The summed E-state index contributed by atoms with van der Waals surface area (Å²) in [5.41, 5.74) is 7.60. The molecule has 6 rings (SSSR count). The zero-order valence-corrected chi connectivity index (χ0v) is 22.8. The van der Waals surface area contributed by atoms with Crippen LogP contribution in [0.15, 0.2) is 41.3 Å². The zero-order chi connectivity index (χ0) is 26.8. The number of ether oxygens (including phenoxy) is 2. The van der Waals surface area contributed by atoms with Gasteiger partial charge in [0.15, 0.2) is 11.5 Å². The lowest BCUT2D eigenvalue weighted by atomic mass is 10.0. The second-order valence-corrected chi connectivity index (χ2v) is 11.0. The van der Waals surface area contributed by atoms with Crippen LogP contribution in [0.25, 0.3) is 21.9 Å². The van der Waals surface area contributed by atoms with Gasteiger partial charge in [0.2, 0.25) is 5.91 Å². The van der Waals surface area contributed by atoms with Crippen LogP contribution in [0.1, 0.15) is 19.8 Å². The largest absolute Gasteiger partial charge is 0.493 e. The molecule has 11 nitrogen and oxygen atoms in total. The maximum absolute atomic E-state index is 13.4. The van der Waals surface area contributed by atoms with Gasteiger partial charge in [0.25, 0.3) is 0 Å². The number of fused-ring (bicyclic) bond motifs is 4. The number of nitrogens with two attached hydrogens (primary N) is 1. The van der Waals surface area contributed by atoms with Gasteiger partial charge in [0.05, 0.1) is 37.7 Å². The van der Waals surface area contributed by atoms with Gasteiger partial charge in [-0.2, -0.15) is 0 Å². The second kappa shape index (κ2) is 9.07. The molecule has 12 heteroatoms. The number of aliphatic hydroxyl groups is 1. The molecule has 2 aliphatic rings. The highest BCUT2D eigenvalue weighted by molar-refractivity contribution is 9.10. The number of piperidine rings is 1. The van der Waals surface area contributed by atoms with Crippen molar-refractivity contribution in [1.82, 2.24) is 24.4 Å². The summed E-state index contributed by atoms with van der Waals surface area (Å²) >= 11 is 3.34. The topological polar surface area (TPSA) is 141 Å². The van der Waals surface area contributed by atoms with Gasteiger partial charge in [-0.3, -0.25) is 9.69 Å². The Kier molecular flexibility index (Phi) is 5.93. The van der Waals surface area contributed by atoms with Crippen molar-refractivity contribution in [3.63, 3.8) is 0 Å². The zero-order valence-electron chi connectivity index (χ0n) is 21.2. The van der Waals surface area contributed by atoms with Crippen molar-refractivity contribution in [3.8, 4) is 11.5 Å². The van der Waals surface area contributed by atoms with E-state index in [9.17, 15) is 9.90 Å². The molecule has 1 aromatic carbocycles. The van der Waals surface area contributed by atoms with E-state index in [0.29, 0.717) is 45.2 Å². The van der Waals surface area contributed by atoms with Gasteiger partial charge in [-0.25, -0.2) is 15.0 Å². The van der Waals surface area contributed by atoms with Crippen LogP contribution < -0.4 is 20.5 Å². The number of likely N-dealkylation sites (tertiary alicyclic amines) is 1. The number of aromatic nitrogens is 4. The molecule has 4 aromatic rings. The number of nitrogen functional groups attached to an aromatic ring is 1. The maximum atomic E-state index is 13.4. The van der Waals surface area contributed by atoms with E-state index >= 15 is 0 Å². The number of nitrogens with zero attached hydrogens (tertiary/aromatic N) is 5. The molecule has 2 unspecified atom stereocenters. The Morgan fingerprint density at radius 1 is 1.26 bits per heavy atom. The minimum atomic E-state index is -0.960. The van der Waals surface area contributed by atoms with E-state index in [1.165, 1.54) is 6.33 Å². The van der Waals surface area contributed by atoms with Gasteiger partial charge in [0.1, 0.15) is 34.4 Å². The standard InChI is InChI=1S/C26H28BrN7O4/c1-26-9-15(25(36)32-20-6-4-5-19(27)31-20)34(18(26)10-26)21(35)11-33-14-8-17(38-3)16(37-2)7-13(14)22-23(28)29-12-30-24(22)33/h4-8,12,15,18,21,35H,9-11H2,1-3H3,(H2,28,29,30)(H,31,32,36)/t15-,18?,21?,26-/m0/s1. The van der Waals surface area contributed by atoms with E-state index in [2.05, 4.69) is 43.1 Å². The maximum Gasteiger partial charge on any atom is 0.242 e. The minimum Gasteiger partial charge on any atom is -0.493 e. The first-order chi connectivity index (χ1) is 18.2. The van der Waals surface area contributed by atoms with E-state index in [-0.39, 0.29) is 23.9 Å². The third-order valence-corrected chi connectivity index (χ3v) is 8.26. The molecule has 198 valence electrons. The lowest BCUT2D eigenvalue weighted by Crippen LogP contribution is -2.49. The number of aliphatic hydroxyl groups excluding tert-OH is 1. The van der Waals surface area contributed by atoms with Crippen LogP contribution in [0.4, 0.5) is 11.6 Å². The van der Waals surface area contributed by atoms with Crippen molar-refractivity contribution >= 4 is 55.4 Å². The summed E-state index contributed by atoms with van der Waals surface area (Å²) < 4.78 is 13.6. The number of halogens is 1. The van der Waals surface area contributed by atoms with Crippen molar-refractivity contribution in [2.75, 3.05) is 25.3 Å². The number of hydrogen-bond donors (Lipinski definition) is 3. The number of benzene rings is 1. The number of pyridine rings is 1. The number of carbonyl (C=O) groups is 1. The molecule has 1 aliphatic heterocycles. The molecular formula is C26H28BrN7O4. The predicted octanol–water partition coefficient (Wildman–Crippen LogP) is 3.15. The molecule has 0 spiro atoms. The quantitative estimate of drug-likeness (QED) is 0.280. The molecule has 3 aromatic heterocycles. The van der Waals surface area contributed by atoms with Crippen molar-refractivity contribution in [2.24, 2.45) is 5.41 Å². The summed E-state index contributed by atoms with van der Waals surface area (Å²) in [7, 11) is 3.14. The van der Waals surface area contributed by atoms with Crippen LogP contribution in [0.2, 0.25) is 0 Å². The fraction of sp³-hybridized carbons (Fsp3) is 0.385. The highest BCUT2D eigenvalue weighted by Gasteiger charge is 2.64. The highest BCUT2D eigenvalue weighted by Crippen LogP contribution is 2.59. The summed E-state index contributed by atoms with van der Waals surface area (Å²) in [6.07, 6.45) is 2.03. The number of rotatable bonds is 7. The number of methoxy groups -OCH3 is 2. The fourth-order valence-electron chi connectivity index (χ4n) is 5.86. The smallest absolute Gasteiger partial charge is 0.242 e. The molecule has 4 atom stereocenters. The van der Waals surface area contributed by atoms with E-state index in [4.69, 9.17) is 15.2 Å². The summed E-state index contributed by atoms with van der Waals surface area (Å²) in [5.74, 6) is 1.69. The Balaban J connectivity index is 1.37. The summed E-state index contributed by atoms with van der Waals surface area (Å²) in [6, 6.07) is 8.63. The lowest BCUT2D eigenvalue weighted by molar-refractivity contribution is -0.126. The monoisotopic (exact) mass is 581 g/mol. The molecule has 1 saturated carbocycles. The Bertz CT molecular complexity index is 1580. The van der Waals surface area contributed by atoms with Gasteiger partial charge in [0, 0.05) is 17.5 Å². The van der Waals surface area contributed by atoms with Crippen LogP contribution in [0, 0.1) is 5.41 Å². The van der Waals surface area contributed by atoms with E-state index in [0.717, 1.165) is 17.3 Å². The Morgan fingerprint density at radius 2 is 2.03 bits per heavy atom. The number of anilines is 2. The molecule has 1 saturated heterocycles. The average Bonchev–Trinajstić information content (AvgIpc) is 3.31. The van der Waals surface area contributed by atoms with Crippen molar-refractivity contribution in [1.29, 1.82) is 0 Å². The molecule has 38 heavy (non-hydrogen) atoms. The number of carbonyl (C=O) groups excluding carboxylic acids is 1. The molecule has 1 amide bonds. The van der Waals surface area contributed by atoms with Gasteiger partial charge in [-0.05, 0) is 52.4 Å². The Labute approximate surface area is 227 Å². The summed E-state index contributed by atoms with van der Waals surface area (Å²) in [6.45, 7) is 2.32. The number of hydrogen-bond acceptors (Lipinski definition) is 9. The molecule has 0 bridgehead atoms. The number of amides is 1. The fourth-order valence-corrected chi connectivity index (χ4v) is 6.21. The first-order valence-corrected chi connectivity index (χ1v) is 13.1. The molecule has 4 N–H and O–H groups in total. The molecule has 0 radical (unpaired) electrons. The van der Waals surface area contributed by atoms with Gasteiger partial charge in [-0.15, -0.1) is 0 Å². The van der Waals surface area contributed by atoms with Gasteiger partial charge >= 0.3 is 0 Å². The normalized spacial score (nSPS) is 23.4. The Morgan fingerprint density at radius 3 is 2.76 bits per heavy atom. The van der Waals surface area contributed by atoms with Crippen molar-refractivity contribution in [3.05, 3.63) is 41.3 Å². The lowest BCUT2D eigenvalue weighted by Gasteiger charge is -2.31. The molecule has 1 aliphatic carbocycles. The third-order valence-electron chi connectivity index (χ3n) is 7.82. The van der Waals surface area contributed by atoms with Crippen molar-refractivity contribution in [2.45, 2.75) is 44.6 Å². The third kappa shape index (κ3) is 3.94. The van der Waals surface area contributed by atoms with E-state index < -0.39 is 12.3 Å². The van der Waals surface area contributed by atoms with Crippen LogP contribution in [0.3, 0.4) is 0 Å². The van der Waals surface area contributed by atoms with Crippen LogP contribution >= 0.6 is 15.9 Å². The van der Waals surface area contributed by atoms with E-state index in [1.54, 1.807) is 26.4 Å². The Hall–Kier alpha value is -3.48. The molecular weight excluding hydrogens is 554 g/mol. The second-order valence-electron chi connectivity index (χ2n) is 10.1. The predicted molar refractivity (Wildman–Crippen MR) is 146 cm³/mol.